The summed E-state index contributed by atoms with van der Waals surface area (Å²) in [6.07, 6.45) is 2.28. The number of para-hydroxylation sites is 3. The molecule has 0 spiro atoms. The molecule has 0 aliphatic heterocycles. The zero-order valence-corrected chi connectivity index (χ0v) is 16.0. The van der Waals surface area contributed by atoms with Crippen molar-refractivity contribution >= 4 is 23.2 Å². The average Bonchev–Trinajstić information content (AvgIpc) is 3.49. The van der Waals surface area contributed by atoms with Crippen LogP contribution >= 0.6 is 0 Å². The number of hydrogen-bond acceptors (Lipinski definition) is 3. The fourth-order valence-electron chi connectivity index (χ4n) is 3.37. The summed E-state index contributed by atoms with van der Waals surface area (Å²) in [5, 5.41) is 5.94. The van der Waals surface area contributed by atoms with Gasteiger partial charge in [0.05, 0.1) is 24.6 Å². The normalized spacial score (nSPS) is 17.9. The Morgan fingerprint density at radius 2 is 1.52 bits per heavy atom. The number of anilines is 2. The molecular formula is C22H26N2O3. The Morgan fingerprint density at radius 1 is 0.926 bits per heavy atom. The molecule has 5 heteroatoms. The first kappa shape index (κ1) is 19.0. The van der Waals surface area contributed by atoms with Gasteiger partial charge in [-0.1, -0.05) is 44.2 Å². The van der Waals surface area contributed by atoms with Crippen molar-refractivity contribution in [1.82, 2.24) is 0 Å². The minimum absolute atomic E-state index is 0.0780. The summed E-state index contributed by atoms with van der Waals surface area (Å²) in [6, 6.07) is 13.4. The zero-order chi connectivity index (χ0) is 19.4. The molecule has 2 N–H and O–H groups in total. The molecule has 1 saturated carbocycles. The summed E-state index contributed by atoms with van der Waals surface area (Å²) in [5.41, 5.74) is 3.78. The maximum absolute atomic E-state index is 12.7. The van der Waals surface area contributed by atoms with Gasteiger partial charge in [0.25, 0.3) is 0 Å². The van der Waals surface area contributed by atoms with Crippen LogP contribution in [0.4, 0.5) is 11.4 Å². The van der Waals surface area contributed by atoms with Gasteiger partial charge in [0.1, 0.15) is 5.75 Å². The highest BCUT2D eigenvalue weighted by molar-refractivity contribution is 6.04. The highest BCUT2D eigenvalue weighted by atomic mass is 16.5. The molecule has 1 fully saturated rings. The molecule has 2 aromatic rings. The first-order valence-corrected chi connectivity index (χ1v) is 9.44. The molecule has 5 nitrogen and oxygen atoms in total. The lowest BCUT2D eigenvalue weighted by Crippen LogP contribution is -2.21. The fraction of sp³-hybridized carbons (Fsp3) is 0.364. The van der Waals surface area contributed by atoms with Gasteiger partial charge in [-0.2, -0.15) is 0 Å². The number of amides is 2. The fourth-order valence-corrected chi connectivity index (χ4v) is 3.37. The monoisotopic (exact) mass is 366 g/mol. The predicted octanol–water partition coefficient (Wildman–Crippen LogP) is 4.03. The Bertz CT molecular complexity index is 825. The van der Waals surface area contributed by atoms with E-state index in [0.717, 1.165) is 29.7 Å². The van der Waals surface area contributed by atoms with Crippen LogP contribution in [-0.2, 0) is 22.4 Å². The second kappa shape index (κ2) is 8.25. The van der Waals surface area contributed by atoms with Crippen LogP contribution in [0.15, 0.2) is 42.5 Å². The van der Waals surface area contributed by atoms with Crippen LogP contribution in [0.1, 0.15) is 31.4 Å². The Labute approximate surface area is 160 Å². The number of carbonyl (C=O) groups is 2. The predicted molar refractivity (Wildman–Crippen MR) is 107 cm³/mol. The lowest BCUT2D eigenvalue weighted by molar-refractivity contribution is -0.122. The third-order valence-corrected chi connectivity index (χ3v) is 5.08. The maximum Gasteiger partial charge on any atom is 0.228 e. The molecule has 2 atom stereocenters. The Morgan fingerprint density at radius 3 is 2.11 bits per heavy atom. The topological polar surface area (TPSA) is 67.4 Å². The number of ether oxygens (including phenoxy) is 1. The van der Waals surface area contributed by atoms with Crippen molar-refractivity contribution in [3.05, 3.63) is 53.6 Å². The second-order valence-electron chi connectivity index (χ2n) is 6.79. The molecule has 1 aliphatic carbocycles. The standard InChI is InChI=1S/C22H26N2O3/c1-4-14-9-8-10-15(5-2)20(14)24-22(26)17-13-16(17)21(25)23-18-11-6-7-12-19(18)27-3/h6-12,16-17H,4-5,13H2,1-3H3,(H,23,25)(H,24,26). The molecule has 0 bridgehead atoms. The van der Waals surface area contributed by atoms with Gasteiger partial charge < -0.3 is 15.4 Å². The molecule has 142 valence electrons. The molecule has 3 rings (SSSR count). The molecule has 2 aromatic carbocycles. The highest BCUT2D eigenvalue weighted by Gasteiger charge is 2.48. The first-order chi connectivity index (χ1) is 13.1. The van der Waals surface area contributed by atoms with E-state index in [0.29, 0.717) is 17.9 Å². The van der Waals surface area contributed by atoms with Crippen molar-refractivity contribution in [2.45, 2.75) is 33.1 Å². The Hall–Kier alpha value is -2.82. The number of hydrogen-bond donors (Lipinski definition) is 2. The third-order valence-electron chi connectivity index (χ3n) is 5.08. The van der Waals surface area contributed by atoms with Crippen LogP contribution in [0.3, 0.4) is 0 Å². The quantitative estimate of drug-likeness (QED) is 0.777. The minimum atomic E-state index is -0.297. The molecule has 1 aliphatic rings. The van der Waals surface area contributed by atoms with E-state index in [1.165, 1.54) is 0 Å². The molecule has 2 unspecified atom stereocenters. The number of methoxy groups -OCH3 is 1. The van der Waals surface area contributed by atoms with Gasteiger partial charge in [0.2, 0.25) is 11.8 Å². The van der Waals surface area contributed by atoms with Gasteiger partial charge in [-0.25, -0.2) is 0 Å². The lowest BCUT2D eigenvalue weighted by Gasteiger charge is -2.14. The van der Waals surface area contributed by atoms with Crippen LogP contribution < -0.4 is 15.4 Å². The van der Waals surface area contributed by atoms with E-state index in [9.17, 15) is 9.59 Å². The van der Waals surface area contributed by atoms with E-state index in [1.54, 1.807) is 19.2 Å². The van der Waals surface area contributed by atoms with Crippen molar-refractivity contribution in [3.63, 3.8) is 0 Å². The molecule has 0 aromatic heterocycles. The van der Waals surface area contributed by atoms with Gasteiger partial charge in [0.15, 0.2) is 0 Å². The number of benzene rings is 2. The van der Waals surface area contributed by atoms with Crippen LogP contribution in [-0.4, -0.2) is 18.9 Å². The Kier molecular flexibility index (Phi) is 5.79. The van der Waals surface area contributed by atoms with Gasteiger partial charge in [-0.15, -0.1) is 0 Å². The molecule has 0 radical (unpaired) electrons. The van der Waals surface area contributed by atoms with Gasteiger partial charge >= 0.3 is 0 Å². The van der Waals surface area contributed by atoms with Crippen molar-refractivity contribution in [1.29, 1.82) is 0 Å². The van der Waals surface area contributed by atoms with E-state index >= 15 is 0 Å². The minimum Gasteiger partial charge on any atom is -0.495 e. The summed E-state index contributed by atoms with van der Waals surface area (Å²) in [6.45, 7) is 4.15. The third kappa shape index (κ3) is 4.13. The van der Waals surface area contributed by atoms with E-state index in [1.807, 2.05) is 30.3 Å². The SMILES string of the molecule is CCc1cccc(CC)c1NC(=O)C1CC1C(=O)Nc1ccccc1OC. The molecule has 27 heavy (non-hydrogen) atoms. The summed E-state index contributed by atoms with van der Waals surface area (Å²) >= 11 is 0. The van der Waals surface area contributed by atoms with Crippen LogP contribution in [0, 0.1) is 11.8 Å². The summed E-state index contributed by atoms with van der Waals surface area (Å²) in [4.78, 5) is 25.2. The summed E-state index contributed by atoms with van der Waals surface area (Å²) in [7, 11) is 1.56. The smallest absolute Gasteiger partial charge is 0.228 e. The van der Waals surface area contributed by atoms with Crippen molar-refractivity contribution < 1.29 is 14.3 Å². The van der Waals surface area contributed by atoms with Crippen molar-refractivity contribution in [2.75, 3.05) is 17.7 Å². The van der Waals surface area contributed by atoms with E-state index in [-0.39, 0.29) is 23.7 Å². The highest BCUT2D eigenvalue weighted by Crippen LogP contribution is 2.41. The summed E-state index contributed by atoms with van der Waals surface area (Å²) < 4.78 is 5.26. The van der Waals surface area contributed by atoms with Crippen molar-refractivity contribution in [3.8, 4) is 5.75 Å². The summed E-state index contributed by atoms with van der Waals surface area (Å²) in [5.74, 6) is -0.190. The van der Waals surface area contributed by atoms with E-state index < -0.39 is 0 Å². The van der Waals surface area contributed by atoms with Gasteiger partial charge in [-0.3, -0.25) is 9.59 Å². The molecular weight excluding hydrogens is 340 g/mol. The van der Waals surface area contributed by atoms with Crippen LogP contribution in [0.2, 0.25) is 0 Å². The average molecular weight is 366 g/mol. The second-order valence-corrected chi connectivity index (χ2v) is 6.79. The zero-order valence-electron chi connectivity index (χ0n) is 16.0. The van der Waals surface area contributed by atoms with Gasteiger partial charge in [0, 0.05) is 5.69 Å². The number of aryl methyl sites for hydroxylation is 2. The Balaban J connectivity index is 1.65. The number of nitrogens with one attached hydrogen (secondary N) is 2. The number of carbonyl (C=O) groups excluding carboxylic acids is 2. The molecule has 0 saturated heterocycles. The van der Waals surface area contributed by atoms with Crippen LogP contribution in [0.5, 0.6) is 5.75 Å². The van der Waals surface area contributed by atoms with Gasteiger partial charge in [-0.05, 0) is 42.5 Å². The molecule has 2 amide bonds. The van der Waals surface area contributed by atoms with Crippen molar-refractivity contribution in [2.24, 2.45) is 11.8 Å². The first-order valence-electron chi connectivity index (χ1n) is 9.44. The van der Waals surface area contributed by atoms with Crippen LogP contribution in [0.25, 0.3) is 0 Å². The maximum atomic E-state index is 12.7. The van der Waals surface area contributed by atoms with E-state index in [4.69, 9.17) is 4.74 Å². The largest absolute Gasteiger partial charge is 0.495 e. The molecule has 0 heterocycles. The van der Waals surface area contributed by atoms with E-state index in [2.05, 4.69) is 24.5 Å². The lowest BCUT2D eigenvalue weighted by atomic mass is 10.0. The number of rotatable bonds is 7.